The molecule has 1 aliphatic rings. The second kappa shape index (κ2) is 4.87. The highest BCUT2D eigenvalue weighted by molar-refractivity contribution is 5.84. The lowest BCUT2D eigenvalue weighted by molar-refractivity contribution is -0.384. The number of rotatable bonds is 2. The molecule has 0 radical (unpaired) electrons. The van der Waals surface area contributed by atoms with Gasteiger partial charge in [-0.25, -0.2) is 4.98 Å². The number of aromatic nitrogens is 1. The molecule has 2 N–H and O–H groups in total. The maximum atomic E-state index is 11.3. The third kappa shape index (κ3) is 1.99. The third-order valence-electron chi connectivity index (χ3n) is 3.73. The minimum Gasteiger partial charge on any atom is -0.383 e. The summed E-state index contributed by atoms with van der Waals surface area (Å²) >= 11 is 0. The smallest absolute Gasteiger partial charge is 0.277 e. The highest BCUT2D eigenvalue weighted by Crippen LogP contribution is 2.40. The van der Waals surface area contributed by atoms with Crippen molar-refractivity contribution in [3.05, 3.63) is 51.2 Å². The predicted molar refractivity (Wildman–Crippen MR) is 77.5 cm³/mol. The van der Waals surface area contributed by atoms with Gasteiger partial charge in [0.1, 0.15) is 17.5 Å². The fraction of sp³-hybridized carbons (Fsp3) is 0.200. The van der Waals surface area contributed by atoms with Gasteiger partial charge in [0.25, 0.3) is 5.69 Å². The summed E-state index contributed by atoms with van der Waals surface area (Å²) in [6.45, 7) is 0. The van der Waals surface area contributed by atoms with E-state index in [0.29, 0.717) is 11.1 Å². The molecule has 21 heavy (non-hydrogen) atoms. The lowest BCUT2D eigenvalue weighted by Gasteiger charge is -2.12. The average molecular weight is 280 g/mol. The van der Waals surface area contributed by atoms with E-state index in [1.165, 1.54) is 6.07 Å². The number of fused-ring (bicyclic) bond motifs is 1. The van der Waals surface area contributed by atoms with Crippen LogP contribution in [0.4, 0.5) is 11.5 Å². The first kappa shape index (κ1) is 13.1. The molecule has 1 heterocycles. The van der Waals surface area contributed by atoms with E-state index in [0.717, 1.165) is 30.5 Å². The Balaban J connectivity index is 2.39. The largest absolute Gasteiger partial charge is 0.383 e. The molecule has 2 aromatic rings. The monoisotopic (exact) mass is 280 g/mol. The van der Waals surface area contributed by atoms with Crippen molar-refractivity contribution in [3.8, 4) is 17.2 Å². The number of pyridine rings is 1. The van der Waals surface area contributed by atoms with Crippen LogP contribution in [0.3, 0.4) is 0 Å². The van der Waals surface area contributed by atoms with Crippen LogP contribution in [0.2, 0.25) is 0 Å². The Morgan fingerprint density at radius 2 is 2.10 bits per heavy atom. The van der Waals surface area contributed by atoms with Gasteiger partial charge in [-0.15, -0.1) is 0 Å². The molecular formula is C15H12N4O2. The molecule has 0 amide bonds. The Morgan fingerprint density at radius 1 is 1.33 bits per heavy atom. The number of nitriles is 1. The SMILES string of the molecule is N#Cc1c(N)nc2c(c1-c1ccccc1[N+](=O)[O-])CCC2. The number of hydrogen-bond acceptors (Lipinski definition) is 5. The summed E-state index contributed by atoms with van der Waals surface area (Å²) in [5.74, 6) is 0.145. The van der Waals surface area contributed by atoms with Crippen molar-refractivity contribution in [2.24, 2.45) is 0 Å². The number of nitrogens with zero attached hydrogens (tertiary/aromatic N) is 3. The second-order valence-corrected chi connectivity index (χ2v) is 4.91. The van der Waals surface area contributed by atoms with E-state index < -0.39 is 4.92 Å². The van der Waals surface area contributed by atoms with E-state index in [1.54, 1.807) is 18.2 Å². The number of anilines is 1. The van der Waals surface area contributed by atoms with Gasteiger partial charge in [0, 0.05) is 17.3 Å². The summed E-state index contributed by atoms with van der Waals surface area (Å²) in [6, 6.07) is 8.48. The third-order valence-corrected chi connectivity index (χ3v) is 3.73. The van der Waals surface area contributed by atoms with Gasteiger partial charge in [-0.1, -0.05) is 12.1 Å². The summed E-state index contributed by atoms with van der Waals surface area (Å²) < 4.78 is 0. The highest BCUT2D eigenvalue weighted by atomic mass is 16.6. The van der Waals surface area contributed by atoms with Crippen LogP contribution in [0.25, 0.3) is 11.1 Å². The van der Waals surface area contributed by atoms with Crippen LogP contribution in [0, 0.1) is 21.4 Å². The van der Waals surface area contributed by atoms with E-state index in [2.05, 4.69) is 4.98 Å². The fourth-order valence-corrected chi connectivity index (χ4v) is 2.86. The normalized spacial score (nSPS) is 12.7. The molecule has 1 aromatic heterocycles. The van der Waals surface area contributed by atoms with Crippen molar-refractivity contribution in [2.45, 2.75) is 19.3 Å². The molecule has 0 spiro atoms. The summed E-state index contributed by atoms with van der Waals surface area (Å²) in [7, 11) is 0. The number of nitrogens with two attached hydrogens (primary N) is 1. The Bertz CT molecular complexity index is 792. The molecule has 0 aliphatic heterocycles. The predicted octanol–water partition coefficient (Wildman–Crippen LogP) is 2.60. The van der Waals surface area contributed by atoms with Gasteiger partial charge in [-0.2, -0.15) is 5.26 Å². The first-order chi connectivity index (χ1) is 10.1. The van der Waals surface area contributed by atoms with Gasteiger partial charge < -0.3 is 5.73 Å². The Labute approximate surface area is 121 Å². The van der Waals surface area contributed by atoms with Gasteiger partial charge in [0.2, 0.25) is 0 Å². The Kier molecular flexibility index (Phi) is 3.03. The van der Waals surface area contributed by atoms with Gasteiger partial charge >= 0.3 is 0 Å². The van der Waals surface area contributed by atoms with Crippen molar-refractivity contribution in [1.82, 2.24) is 4.98 Å². The molecule has 6 heteroatoms. The van der Waals surface area contributed by atoms with E-state index >= 15 is 0 Å². The van der Waals surface area contributed by atoms with Gasteiger partial charge in [0.15, 0.2) is 0 Å². The molecule has 0 unspecified atom stereocenters. The fourth-order valence-electron chi connectivity index (χ4n) is 2.86. The maximum Gasteiger partial charge on any atom is 0.277 e. The van der Waals surface area contributed by atoms with E-state index in [1.807, 2.05) is 6.07 Å². The van der Waals surface area contributed by atoms with E-state index in [-0.39, 0.29) is 17.1 Å². The number of hydrogen-bond donors (Lipinski definition) is 1. The average Bonchev–Trinajstić information content (AvgIpc) is 2.93. The lowest BCUT2D eigenvalue weighted by Crippen LogP contribution is -2.04. The van der Waals surface area contributed by atoms with Crippen LogP contribution in [-0.4, -0.2) is 9.91 Å². The van der Waals surface area contributed by atoms with Gasteiger partial charge in [0.05, 0.1) is 10.5 Å². The summed E-state index contributed by atoms with van der Waals surface area (Å²) in [5.41, 5.74) is 8.84. The maximum absolute atomic E-state index is 11.3. The zero-order valence-corrected chi connectivity index (χ0v) is 11.2. The standard InChI is InChI=1S/C15H12N4O2/c16-8-11-14(9-5-3-6-12(9)18-15(11)17)10-4-1-2-7-13(10)19(20)21/h1-2,4,7H,3,5-6H2,(H2,17,18). The Morgan fingerprint density at radius 3 is 2.81 bits per heavy atom. The zero-order chi connectivity index (χ0) is 15.0. The summed E-state index contributed by atoms with van der Waals surface area (Å²) in [5, 5.41) is 20.6. The lowest BCUT2D eigenvalue weighted by atomic mass is 9.93. The molecule has 0 saturated carbocycles. The summed E-state index contributed by atoms with van der Waals surface area (Å²) in [4.78, 5) is 15.1. The van der Waals surface area contributed by atoms with Crippen LogP contribution in [0.15, 0.2) is 24.3 Å². The van der Waals surface area contributed by atoms with Crippen LogP contribution in [0.1, 0.15) is 23.2 Å². The van der Waals surface area contributed by atoms with Crippen molar-refractivity contribution in [2.75, 3.05) is 5.73 Å². The second-order valence-electron chi connectivity index (χ2n) is 4.91. The number of nitrogen functional groups attached to an aromatic ring is 1. The first-order valence-electron chi connectivity index (χ1n) is 6.58. The molecule has 1 aromatic carbocycles. The number of nitro groups is 1. The quantitative estimate of drug-likeness (QED) is 0.672. The molecular weight excluding hydrogens is 268 g/mol. The minimum atomic E-state index is -0.436. The van der Waals surface area contributed by atoms with Gasteiger partial charge in [-0.3, -0.25) is 10.1 Å². The molecule has 0 fully saturated rings. The van der Waals surface area contributed by atoms with E-state index in [4.69, 9.17) is 5.73 Å². The van der Waals surface area contributed by atoms with Crippen LogP contribution in [0.5, 0.6) is 0 Å². The first-order valence-corrected chi connectivity index (χ1v) is 6.58. The molecule has 104 valence electrons. The molecule has 0 atom stereocenters. The molecule has 6 nitrogen and oxygen atoms in total. The van der Waals surface area contributed by atoms with Crippen molar-refractivity contribution in [1.29, 1.82) is 5.26 Å². The van der Waals surface area contributed by atoms with Crippen LogP contribution in [-0.2, 0) is 12.8 Å². The molecule has 0 saturated heterocycles. The molecule has 0 bridgehead atoms. The molecule has 3 rings (SSSR count). The number of para-hydroxylation sites is 1. The van der Waals surface area contributed by atoms with Crippen LogP contribution >= 0.6 is 0 Å². The topological polar surface area (TPSA) is 106 Å². The zero-order valence-electron chi connectivity index (χ0n) is 11.2. The Hall–Kier alpha value is -2.94. The summed E-state index contributed by atoms with van der Waals surface area (Å²) in [6.07, 6.45) is 2.47. The van der Waals surface area contributed by atoms with Crippen molar-refractivity contribution >= 4 is 11.5 Å². The van der Waals surface area contributed by atoms with Gasteiger partial charge in [-0.05, 0) is 30.9 Å². The highest BCUT2D eigenvalue weighted by Gasteiger charge is 2.27. The number of aryl methyl sites for hydroxylation is 1. The van der Waals surface area contributed by atoms with Crippen LogP contribution < -0.4 is 5.73 Å². The minimum absolute atomic E-state index is 0.0197. The van der Waals surface area contributed by atoms with E-state index in [9.17, 15) is 15.4 Å². The number of benzene rings is 1. The van der Waals surface area contributed by atoms with Crippen molar-refractivity contribution in [3.63, 3.8) is 0 Å². The number of nitro benzene ring substituents is 1. The van der Waals surface area contributed by atoms with Crippen molar-refractivity contribution < 1.29 is 4.92 Å². The molecule has 1 aliphatic carbocycles.